The molecule has 6 atom stereocenters. The molecule has 48 heavy (non-hydrogen) atoms. The van der Waals surface area contributed by atoms with Crippen molar-refractivity contribution in [2.45, 2.75) is 64.8 Å². The van der Waals surface area contributed by atoms with Gasteiger partial charge in [0.2, 0.25) is 0 Å². The van der Waals surface area contributed by atoms with Gasteiger partial charge in [0, 0.05) is 19.5 Å². The number of hydrogen-bond acceptors (Lipinski definition) is 11. The lowest BCUT2D eigenvalue weighted by molar-refractivity contribution is -0.148. The van der Waals surface area contributed by atoms with Crippen LogP contribution < -0.4 is 14.5 Å². The van der Waals surface area contributed by atoms with Gasteiger partial charge in [-0.15, -0.1) is 11.6 Å². The lowest BCUT2D eigenvalue weighted by Gasteiger charge is -2.33. The maximum Gasteiger partial charge on any atom is 0.323 e. The molecule has 16 heteroatoms. The van der Waals surface area contributed by atoms with Gasteiger partial charge in [0.15, 0.2) is 29.4 Å². The Kier molecular flexibility index (Phi) is 10.7. The van der Waals surface area contributed by atoms with Crippen LogP contribution in [0.4, 0.5) is 10.2 Å². The van der Waals surface area contributed by atoms with E-state index in [-0.39, 0.29) is 17.9 Å². The van der Waals surface area contributed by atoms with Gasteiger partial charge in [-0.3, -0.25) is 9.36 Å². The molecule has 12 nitrogen and oxygen atoms in total. The van der Waals surface area contributed by atoms with Crippen LogP contribution in [-0.4, -0.2) is 87.7 Å². The normalized spacial score (nSPS) is 23.2. The molecule has 260 valence electrons. The Bertz CT molecular complexity index is 1840. The fourth-order valence-corrected chi connectivity index (χ4v) is 7.94. The summed E-state index contributed by atoms with van der Waals surface area (Å²) in [6, 6.07) is 12.1. The number of carbonyl (C=O) groups excluding carboxylic acids is 1. The molecular formula is C32H41ClFN6O6PS. The number of esters is 1. The van der Waals surface area contributed by atoms with Crippen LogP contribution in [0.3, 0.4) is 0 Å². The Morgan fingerprint density at radius 1 is 1.25 bits per heavy atom. The highest BCUT2D eigenvalue weighted by atomic mass is 35.5. The average molecular weight is 723 g/mol. The molecular weight excluding hydrogens is 682 g/mol. The quantitative estimate of drug-likeness (QED) is 0.110. The Balaban J connectivity index is 1.44. The number of aromatic nitrogens is 4. The minimum atomic E-state index is -3.65. The van der Waals surface area contributed by atoms with Crippen molar-refractivity contribution in [2.75, 3.05) is 38.1 Å². The van der Waals surface area contributed by atoms with Crippen LogP contribution >= 0.6 is 18.2 Å². The molecule has 0 spiro atoms. The van der Waals surface area contributed by atoms with Gasteiger partial charge in [0.25, 0.3) is 0 Å². The first-order valence-electron chi connectivity index (χ1n) is 15.4. The summed E-state index contributed by atoms with van der Waals surface area (Å²) in [4.78, 5) is 28.1. The molecule has 2 aromatic heterocycles. The van der Waals surface area contributed by atoms with Gasteiger partial charge in [0.05, 0.1) is 25.4 Å². The molecule has 3 heterocycles. The minimum absolute atomic E-state index is 0.184. The molecule has 5 rings (SSSR count). The Morgan fingerprint density at radius 3 is 2.65 bits per heavy atom. The van der Waals surface area contributed by atoms with E-state index in [1.807, 2.05) is 71.3 Å². The number of anilines is 1. The third-order valence-corrected chi connectivity index (χ3v) is 10.6. The second-order valence-electron chi connectivity index (χ2n) is 13.3. The van der Waals surface area contributed by atoms with E-state index in [2.05, 4.69) is 20.0 Å². The van der Waals surface area contributed by atoms with Crippen LogP contribution in [0.15, 0.2) is 48.8 Å². The van der Waals surface area contributed by atoms with E-state index in [1.165, 1.54) is 10.9 Å². The van der Waals surface area contributed by atoms with Crippen molar-refractivity contribution in [3.63, 3.8) is 0 Å². The average Bonchev–Trinajstić information content (AvgIpc) is 3.56. The van der Waals surface area contributed by atoms with Crippen LogP contribution in [0.2, 0.25) is 0 Å². The maximum atomic E-state index is 16.0. The number of nitrogens with zero attached hydrogens (tertiary/aromatic N) is 5. The van der Waals surface area contributed by atoms with Gasteiger partial charge in [0.1, 0.15) is 29.3 Å². The van der Waals surface area contributed by atoms with Gasteiger partial charge in [-0.1, -0.05) is 57.2 Å². The fraction of sp³-hybridized carbons (Fsp3) is 0.500. The van der Waals surface area contributed by atoms with Crippen molar-refractivity contribution in [3.8, 4) is 5.75 Å². The molecule has 0 unspecified atom stereocenters. The van der Waals surface area contributed by atoms with Crippen LogP contribution in [0.1, 0.15) is 39.7 Å². The van der Waals surface area contributed by atoms with E-state index >= 15 is 4.39 Å². The Hall–Kier alpha value is -2.97. The Labute approximate surface area is 289 Å². The summed E-state index contributed by atoms with van der Waals surface area (Å²) in [5.41, 5.74) is -1.26. The van der Waals surface area contributed by atoms with E-state index in [0.29, 0.717) is 28.6 Å². The number of carbonyl (C=O) groups is 1. The SMILES string of the molecule is Cc1nc(N(C)C)c2ncn([C@@H]3O[C@](CCl)(CO[P@@](=S)(N[C@@H](C)C(=O)OCC(C)(C)C)Oc4cccc5ccccc45)[C@@H](O)[C@H]3F)c2n1. The van der Waals surface area contributed by atoms with Gasteiger partial charge in [-0.25, -0.2) is 24.4 Å². The predicted octanol–water partition coefficient (Wildman–Crippen LogP) is 5.45. The number of fused-ring (bicyclic) bond motifs is 2. The van der Waals surface area contributed by atoms with Crippen LogP contribution in [-0.2, 0) is 30.6 Å². The summed E-state index contributed by atoms with van der Waals surface area (Å²) in [6.45, 7) is 5.20. The first-order chi connectivity index (χ1) is 22.6. The maximum absolute atomic E-state index is 16.0. The molecule has 0 radical (unpaired) electrons. The molecule has 0 bridgehead atoms. The van der Waals surface area contributed by atoms with Crippen molar-refractivity contribution in [1.29, 1.82) is 0 Å². The molecule has 0 aliphatic carbocycles. The van der Waals surface area contributed by atoms with E-state index in [4.69, 9.17) is 41.9 Å². The van der Waals surface area contributed by atoms with Crippen molar-refractivity contribution < 1.29 is 32.8 Å². The number of aliphatic hydroxyl groups excluding tert-OH is 1. The minimum Gasteiger partial charge on any atom is -0.464 e. The number of imidazole rings is 1. The van der Waals surface area contributed by atoms with E-state index < -0.39 is 49.4 Å². The lowest BCUT2D eigenvalue weighted by Crippen LogP contribution is -2.48. The molecule has 2 N–H and O–H groups in total. The predicted molar refractivity (Wildman–Crippen MR) is 187 cm³/mol. The number of hydrogen-bond donors (Lipinski definition) is 2. The summed E-state index contributed by atoms with van der Waals surface area (Å²) in [7, 11) is 3.63. The lowest BCUT2D eigenvalue weighted by atomic mass is 9.99. The summed E-state index contributed by atoms with van der Waals surface area (Å²) in [5, 5.41) is 16.0. The smallest absolute Gasteiger partial charge is 0.323 e. The number of ether oxygens (including phenoxy) is 2. The largest absolute Gasteiger partial charge is 0.464 e. The number of aliphatic hydroxyl groups is 1. The van der Waals surface area contributed by atoms with Gasteiger partial charge < -0.3 is 28.5 Å². The third kappa shape index (κ3) is 7.60. The van der Waals surface area contributed by atoms with E-state index in [9.17, 15) is 9.90 Å². The third-order valence-electron chi connectivity index (χ3n) is 7.71. The molecule has 4 aromatic rings. The van der Waals surface area contributed by atoms with Gasteiger partial charge in [-0.05, 0) is 42.5 Å². The monoisotopic (exact) mass is 722 g/mol. The van der Waals surface area contributed by atoms with E-state index in [1.54, 1.807) is 24.8 Å². The molecule has 0 saturated carbocycles. The molecule has 1 saturated heterocycles. The van der Waals surface area contributed by atoms with Crippen molar-refractivity contribution >= 4 is 63.8 Å². The summed E-state index contributed by atoms with van der Waals surface area (Å²) in [5.74, 6) is 0.483. The van der Waals surface area contributed by atoms with Crippen LogP contribution in [0.5, 0.6) is 5.75 Å². The number of rotatable bonds is 12. The summed E-state index contributed by atoms with van der Waals surface area (Å²) in [6.07, 6.45) is -3.64. The molecule has 1 fully saturated rings. The molecule has 1 aliphatic rings. The Morgan fingerprint density at radius 2 is 1.96 bits per heavy atom. The molecule has 0 amide bonds. The summed E-state index contributed by atoms with van der Waals surface area (Å²) < 4.78 is 41.8. The van der Waals surface area contributed by atoms with Crippen LogP contribution in [0.25, 0.3) is 21.9 Å². The second kappa shape index (κ2) is 14.1. The van der Waals surface area contributed by atoms with Crippen molar-refractivity contribution in [2.24, 2.45) is 5.41 Å². The molecule has 2 aromatic carbocycles. The number of nitrogens with one attached hydrogen (secondary N) is 1. The van der Waals surface area contributed by atoms with Gasteiger partial charge in [-0.2, -0.15) is 0 Å². The number of aryl methyl sites for hydroxylation is 1. The molecule has 1 aliphatic heterocycles. The topological polar surface area (TPSA) is 133 Å². The van der Waals surface area contributed by atoms with Crippen LogP contribution in [0, 0.1) is 12.3 Å². The summed E-state index contributed by atoms with van der Waals surface area (Å²) >= 11 is 12.4. The number of halogens is 2. The zero-order valence-electron chi connectivity index (χ0n) is 27.9. The second-order valence-corrected chi connectivity index (χ2v) is 16.7. The highest BCUT2D eigenvalue weighted by molar-refractivity contribution is 8.09. The first kappa shape index (κ1) is 36.3. The van der Waals surface area contributed by atoms with Crippen molar-refractivity contribution in [3.05, 3.63) is 54.6 Å². The highest BCUT2D eigenvalue weighted by Crippen LogP contribution is 2.50. The highest BCUT2D eigenvalue weighted by Gasteiger charge is 2.57. The standard InChI is InChI=1S/C32H41ClFN6O6PS/c1-19(30(42)43-16-31(3,4)5)38-47(48,46-23-14-10-12-21-11-8-9-13-22(21)23)44-17-32(15-33)26(41)24(34)29(45-32)40-18-35-25-27(39(6)7)36-20(2)37-28(25)40/h8-14,18-19,24,26,29,41H,15-17H2,1-7H3,(H,38,48)/t19-,24+,26-,29+,32+,47-/m0/s1. The van der Waals surface area contributed by atoms with Gasteiger partial charge >= 0.3 is 12.6 Å². The van der Waals surface area contributed by atoms with E-state index in [0.717, 1.165) is 10.8 Å². The van der Waals surface area contributed by atoms with Crippen molar-refractivity contribution in [1.82, 2.24) is 24.6 Å². The number of benzene rings is 2. The first-order valence-corrected chi connectivity index (χ1v) is 18.5. The zero-order valence-corrected chi connectivity index (χ0v) is 30.4. The fourth-order valence-electron chi connectivity index (χ4n) is 5.20. The number of alkyl halides is 2. The zero-order chi connectivity index (χ0) is 35.0.